The van der Waals surface area contributed by atoms with Crippen LogP contribution in [0, 0.1) is 0 Å². The number of para-hydroxylation sites is 1. The van der Waals surface area contributed by atoms with Crippen LogP contribution in [0.4, 0.5) is 5.69 Å². The Kier molecular flexibility index (Phi) is 6.30. The van der Waals surface area contributed by atoms with Gasteiger partial charge in [0.25, 0.3) is 0 Å². The quantitative estimate of drug-likeness (QED) is 0.630. The number of benzene rings is 2. The maximum atomic E-state index is 12.7. The summed E-state index contributed by atoms with van der Waals surface area (Å²) < 4.78 is 5.24. The van der Waals surface area contributed by atoms with Gasteiger partial charge in [-0.25, -0.2) is 0 Å². The second-order valence-electron chi connectivity index (χ2n) is 6.41. The fourth-order valence-electron chi connectivity index (χ4n) is 3.24. The van der Waals surface area contributed by atoms with Crippen molar-refractivity contribution in [2.24, 2.45) is 4.99 Å². The molecule has 0 atom stereocenters. The van der Waals surface area contributed by atoms with Crippen molar-refractivity contribution in [3.8, 4) is 5.75 Å². The molecule has 0 unspecified atom stereocenters. The van der Waals surface area contributed by atoms with Crippen LogP contribution in [0.5, 0.6) is 5.75 Å². The van der Waals surface area contributed by atoms with Gasteiger partial charge in [0, 0.05) is 25.8 Å². The first-order valence-electron chi connectivity index (χ1n) is 9.17. The fraction of sp³-hybridized carbons (Fsp3) is 0.333. The highest BCUT2D eigenvalue weighted by atomic mass is 16.5. The summed E-state index contributed by atoms with van der Waals surface area (Å²) in [5.74, 6) is 1.46. The number of fused-ring (bicyclic) bond motifs is 1. The van der Waals surface area contributed by atoms with Gasteiger partial charge in [0.15, 0.2) is 5.96 Å². The van der Waals surface area contributed by atoms with Gasteiger partial charge < -0.3 is 20.3 Å². The van der Waals surface area contributed by atoms with Gasteiger partial charge in [-0.15, -0.1) is 0 Å². The molecule has 2 aromatic rings. The zero-order valence-electron chi connectivity index (χ0n) is 15.9. The monoisotopic (exact) mass is 366 g/mol. The molecular formula is C21H26N4O2. The largest absolute Gasteiger partial charge is 0.497 e. The normalized spacial score (nSPS) is 13.7. The van der Waals surface area contributed by atoms with Gasteiger partial charge in [-0.3, -0.25) is 9.79 Å². The number of amides is 1. The number of methoxy groups -OCH3 is 1. The molecule has 2 N–H and O–H groups in total. The lowest BCUT2D eigenvalue weighted by Gasteiger charge is -2.29. The summed E-state index contributed by atoms with van der Waals surface area (Å²) in [5.41, 5.74) is 3.33. The first-order chi connectivity index (χ1) is 13.2. The first kappa shape index (κ1) is 18.8. The van der Waals surface area contributed by atoms with Crippen LogP contribution in [0.3, 0.4) is 0 Å². The number of aliphatic imine (C=N–C) groups is 1. The Hall–Kier alpha value is -3.02. The third-order valence-corrected chi connectivity index (χ3v) is 4.64. The zero-order valence-corrected chi connectivity index (χ0v) is 15.9. The number of nitrogens with one attached hydrogen (secondary N) is 2. The van der Waals surface area contributed by atoms with E-state index in [2.05, 4.69) is 21.7 Å². The number of carbonyl (C=O) groups is 1. The average molecular weight is 366 g/mol. The Morgan fingerprint density at radius 3 is 2.85 bits per heavy atom. The standard InChI is InChI=1S/C21H26N4O2/c1-22-21(23-14-16-7-5-10-18(13-16)27-2)24-15-20(26)25-12-6-9-17-8-3-4-11-19(17)25/h3-5,7-8,10-11,13H,6,9,12,14-15H2,1-2H3,(H2,22,23,24). The molecule has 1 amide bonds. The summed E-state index contributed by atoms with van der Waals surface area (Å²) in [4.78, 5) is 18.8. The summed E-state index contributed by atoms with van der Waals surface area (Å²) in [5, 5.41) is 6.34. The van der Waals surface area contributed by atoms with Crippen molar-refractivity contribution >= 4 is 17.6 Å². The molecule has 0 saturated heterocycles. The number of hydrogen-bond donors (Lipinski definition) is 2. The van der Waals surface area contributed by atoms with Crippen molar-refractivity contribution in [2.75, 3.05) is 32.1 Å². The summed E-state index contributed by atoms with van der Waals surface area (Å²) in [6.45, 7) is 1.55. The molecular weight excluding hydrogens is 340 g/mol. The molecule has 0 bridgehead atoms. The molecule has 0 fully saturated rings. The molecule has 3 rings (SSSR count). The molecule has 0 aliphatic carbocycles. The minimum Gasteiger partial charge on any atom is -0.497 e. The van der Waals surface area contributed by atoms with Crippen LogP contribution in [-0.4, -0.2) is 39.1 Å². The van der Waals surface area contributed by atoms with Crippen LogP contribution in [0.2, 0.25) is 0 Å². The van der Waals surface area contributed by atoms with Gasteiger partial charge in [0.1, 0.15) is 5.75 Å². The predicted molar refractivity (Wildman–Crippen MR) is 108 cm³/mol. The minimum absolute atomic E-state index is 0.0477. The first-order valence-corrected chi connectivity index (χ1v) is 9.17. The molecule has 0 radical (unpaired) electrons. The van der Waals surface area contributed by atoms with Crippen molar-refractivity contribution in [3.05, 3.63) is 59.7 Å². The van der Waals surface area contributed by atoms with Crippen molar-refractivity contribution in [1.29, 1.82) is 0 Å². The van der Waals surface area contributed by atoms with Gasteiger partial charge in [-0.2, -0.15) is 0 Å². The minimum atomic E-state index is 0.0477. The summed E-state index contributed by atoms with van der Waals surface area (Å²) in [6, 6.07) is 15.9. The number of carbonyl (C=O) groups excluding carboxylic acids is 1. The molecule has 0 spiro atoms. The highest BCUT2D eigenvalue weighted by molar-refractivity contribution is 5.98. The lowest BCUT2D eigenvalue weighted by Crippen LogP contribution is -2.45. The van der Waals surface area contributed by atoms with E-state index in [1.807, 2.05) is 47.4 Å². The van der Waals surface area contributed by atoms with Crippen LogP contribution in [-0.2, 0) is 17.8 Å². The van der Waals surface area contributed by atoms with Crippen LogP contribution < -0.4 is 20.3 Å². The number of rotatable bonds is 5. The van der Waals surface area contributed by atoms with Crippen molar-refractivity contribution in [2.45, 2.75) is 19.4 Å². The maximum absolute atomic E-state index is 12.7. The number of guanidine groups is 1. The maximum Gasteiger partial charge on any atom is 0.246 e. The summed E-state index contributed by atoms with van der Waals surface area (Å²) >= 11 is 0. The smallest absolute Gasteiger partial charge is 0.246 e. The van der Waals surface area contributed by atoms with E-state index in [1.165, 1.54) is 5.56 Å². The highest BCUT2D eigenvalue weighted by Crippen LogP contribution is 2.26. The molecule has 27 heavy (non-hydrogen) atoms. The molecule has 6 heteroatoms. The van der Waals surface area contributed by atoms with E-state index in [-0.39, 0.29) is 12.5 Å². The van der Waals surface area contributed by atoms with Crippen LogP contribution in [0.25, 0.3) is 0 Å². The number of anilines is 1. The Labute approximate surface area is 160 Å². The van der Waals surface area contributed by atoms with Gasteiger partial charge in [0.2, 0.25) is 5.91 Å². The molecule has 0 saturated carbocycles. The molecule has 1 heterocycles. The van der Waals surface area contributed by atoms with E-state index >= 15 is 0 Å². The molecule has 6 nitrogen and oxygen atoms in total. The topological polar surface area (TPSA) is 66.0 Å². The molecule has 2 aromatic carbocycles. The van der Waals surface area contributed by atoms with Crippen molar-refractivity contribution < 1.29 is 9.53 Å². The molecule has 0 aromatic heterocycles. The van der Waals surface area contributed by atoms with Gasteiger partial charge in [0.05, 0.1) is 13.7 Å². The average Bonchev–Trinajstić information content (AvgIpc) is 2.73. The number of hydrogen-bond acceptors (Lipinski definition) is 3. The Bertz CT molecular complexity index is 819. The van der Waals surface area contributed by atoms with Gasteiger partial charge in [-0.05, 0) is 42.2 Å². The van der Waals surface area contributed by atoms with Crippen molar-refractivity contribution in [3.63, 3.8) is 0 Å². The lowest BCUT2D eigenvalue weighted by molar-refractivity contribution is -0.117. The fourth-order valence-corrected chi connectivity index (χ4v) is 3.24. The number of nitrogens with zero attached hydrogens (tertiary/aromatic N) is 2. The van der Waals surface area contributed by atoms with E-state index < -0.39 is 0 Å². The van der Waals surface area contributed by atoms with Gasteiger partial charge >= 0.3 is 0 Å². The van der Waals surface area contributed by atoms with E-state index in [4.69, 9.17) is 4.74 Å². The molecule has 142 valence electrons. The van der Waals surface area contributed by atoms with Crippen molar-refractivity contribution in [1.82, 2.24) is 10.6 Å². The van der Waals surface area contributed by atoms with Gasteiger partial charge in [-0.1, -0.05) is 30.3 Å². The SMILES string of the molecule is CN=C(NCC(=O)N1CCCc2ccccc21)NCc1cccc(OC)c1. The van der Waals surface area contributed by atoms with E-state index in [9.17, 15) is 4.79 Å². The number of aryl methyl sites for hydroxylation is 1. The van der Waals surface area contributed by atoms with Crippen LogP contribution in [0.1, 0.15) is 17.5 Å². The lowest BCUT2D eigenvalue weighted by atomic mass is 10.0. The molecule has 1 aliphatic heterocycles. The second-order valence-corrected chi connectivity index (χ2v) is 6.41. The van der Waals surface area contributed by atoms with E-state index in [0.29, 0.717) is 12.5 Å². The Balaban J connectivity index is 1.54. The summed E-state index contributed by atoms with van der Waals surface area (Å²) in [7, 11) is 3.35. The number of ether oxygens (including phenoxy) is 1. The Morgan fingerprint density at radius 1 is 1.19 bits per heavy atom. The third kappa shape index (κ3) is 4.78. The Morgan fingerprint density at radius 2 is 2.04 bits per heavy atom. The van der Waals surface area contributed by atoms with E-state index in [0.717, 1.165) is 36.4 Å². The molecule has 1 aliphatic rings. The van der Waals surface area contributed by atoms with E-state index in [1.54, 1.807) is 14.2 Å². The zero-order chi connectivity index (χ0) is 19.1. The predicted octanol–water partition coefficient (Wildman–Crippen LogP) is 2.34. The summed E-state index contributed by atoms with van der Waals surface area (Å²) in [6.07, 6.45) is 2.02. The second kappa shape index (κ2) is 9.07. The van der Waals surface area contributed by atoms with Crippen LogP contribution >= 0.6 is 0 Å². The highest BCUT2D eigenvalue weighted by Gasteiger charge is 2.21. The van der Waals surface area contributed by atoms with Crippen LogP contribution in [0.15, 0.2) is 53.5 Å². The third-order valence-electron chi connectivity index (χ3n) is 4.64.